The van der Waals surface area contributed by atoms with Crippen LogP contribution < -0.4 is 10.2 Å². The molecule has 9 heteroatoms. The number of aromatic nitrogens is 2. The van der Waals surface area contributed by atoms with E-state index >= 15 is 0 Å². The molecule has 1 amide bonds. The molecule has 0 fully saturated rings. The Morgan fingerprint density at radius 1 is 1.09 bits per heavy atom. The van der Waals surface area contributed by atoms with E-state index in [4.69, 9.17) is 27.9 Å². The van der Waals surface area contributed by atoms with Crippen molar-refractivity contribution < 1.29 is 9.53 Å². The predicted molar refractivity (Wildman–Crippen MR) is 130 cm³/mol. The zero-order valence-electron chi connectivity index (χ0n) is 17.9. The Morgan fingerprint density at radius 3 is 2.44 bits per heavy atom. The second kappa shape index (κ2) is 11.3. The van der Waals surface area contributed by atoms with Crippen molar-refractivity contribution in [3.05, 3.63) is 80.6 Å². The molecule has 3 rings (SSSR count). The third-order valence-corrected chi connectivity index (χ3v) is 5.59. The predicted octanol–water partition coefficient (Wildman–Crippen LogP) is 5.53. The minimum absolute atomic E-state index is 0.146. The molecule has 0 aliphatic rings. The summed E-state index contributed by atoms with van der Waals surface area (Å²) in [5.74, 6) is 0.276. The highest BCUT2D eigenvalue weighted by Gasteiger charge is 2.10. The molecule has 0 saturated carbocycles. The minimum Gasteiger partial charge on any atom is -0.486 e. The summed E-state index contributed by atoms with van der Waals surface area (Å²) in [7, 11) is 0. The van der Waals surface area contributed by atoms with Crippen molar-refractivity contribution in [1.82, 2.24) is 15.4 Å². The van der Waals surface area contributed by atoms with E-state index in [9.17, 15) is 4.79 Å². The SMILES string of the molecule is Cc1cccc(COc2c(Cl)cc(/C=N\NC(=O)CSc3nc(C)cc(C)n3)cc2Cl)c1. The van der Waals surface area contributed by atoms with E-state index in [1.54, 1.807) is 12.1 Å². The number of carbonyl (C=O) groups is 1. The Morgan fingerprint density at radius 2 is 1.78 bits per heavy atom. The third-order valence-electron chi connectivity index (χ3n) is 4.18. The van der Waals surface area contributed by atoms with Crippen molar-refractivity contribution in [1.29, 1.82) is 0 Å². The van der Waals surface area contributed by atoms with Crippen LogP contribution in [0.1, 0.15) is 28.1 Å². The van der Waals surface area contributed by atoms with Gasteiger partial charge in [0.2, 0.25) is 0 Å². The standard InChI is InChI=1S/C23H22Cl2N4O2S/c1-14-5-4-6-17(7-14)12-31-22-19(24)9-18(10-20(22)25)11-26-29-21(30)13-32-23-27-15(2)8-16(3)28-23/h4-11H,12-13H2,1-3H3,(H,29,30)/b26-11-. The number of benzene rings is 2. The Hall–Kier alpha value is -2.61. The van der Waals surface area contributed by atoms with Crippen molar-refractivity contribution in [3.63, 3.8) is 0 Å². The van der Waals surface area contributed by atoms with E-state index in [1.165, 1.54) is 18.0 Å². The molecule has 6 nitrogen and oxygen atoms in total. The van der Waals surface area contributed by atoms with Gasteiger partial charge < -0.3 is 4.74 Å². The Bertz CT molecular complexity index is 1110. The van der Waals surface area contributed by atoms with Crippen LogP contribution >= 0.6 is 35.0 Å². The van der Waals surface area contributed by atoms with Crippen molar-refractivity contribution in [3.8, 4) is 5.75 Å². The zero-order chi connectivity index (χ0) is 23.1. The number of halogens is 2. The molecular weight excluding hydrogens is 467 g/mol. The number of hydrogen-bond donors (Lipinski definition) is 1. The molecule has 0 aliphatic carbocycles. The van der Waals surface area contributed by atoms with Gasteiger partial charge in [-0.05, 0) is 50.1 Å². The van der Waals surface area contributed by atoms with Crippen LogP contribution in [-0.4, -0.2) is 27.8 Å². The molecule has 0 radical (unpaired) electrons. The van der Waals surface area contributed by atoms with Gasteiger partial charge in [-0.25, -0.2) is 15.4 Å². The summed E-state index contributed by atoms with van der Waals surface area (Å²) >= 11 is 13.9. The summed E-state index contributed by atoms with van der Waals surface area (Å²) in [6, 6.07) is 13.2. The number of nitrogens with zero attached hydrogens (tertiary/aromatic N) is 3. The first-order valence-corrected chi connectivity index (χ1v) is 11.5. The normalized spacial score (nSPS) is 11.0. The van der Waals surface area contributed by atoms with E-state index < -0.39 is 0 Å². The lowest BCUT2D eigenvalue weighted by atomic mass is 10.1. The summed E-state index contributed by atoms with van der Waals surface area (Å²) < 4.78 is 5.80. The fraction of sp³-hybridized carbons (Fsp3) is 0.217. The smallest absolute Gasteiger partial charge is 0.250 e. The highest BCUT2D eigenvalue weighted by atomic mass is 35.5. The molecule has 2 aromatic carbocycles. The largest absolute Gasteiger partial charge is 0.486 e. The van der Waals surface area contributed by atoms with Gasteiger partial charge in [0.15, 0.2) is 10.9 Å². The van der Waals surface area contributed by atoms with Gasteiger partial charge in [-0.15, -0.1) is 0 Å². The molecule has 1 N–H and O–H groups in total. The van der Waals surface area contributed by atoms with Crippen LogP contribution in [0.5, 0.6) is 5.75 Å². The van der Waals surface area contributed by atoms with Crippen molar-refractivity contribution in [2.75, 3.05) is 5.75 Å². The van der Waals surface area contributed by atoms with Gasteiger partial charge in [-0.1, -0.05) is 64.8 Å². The molecule has 166 valence electrons. The molecule has 32 heavy (non-hydrogen) atoms. The monoisotopic (exact) mass is 488 g/mol. The van der Waals surface area contributed by atoms with E-state index in [2.05, 4.69) is 20.5 Å². The van der Waals surface area contributed by atoms with E-state index in [1.807, 2.05) is 51.1 Å². The molecule has 1 heterocycles. The van der Waals surface area contributed by atoms with Gasteiger partial charge in [0, 0.05) is 11.4 Å². The van der Waals surface area contributed by atoms with E-state index in [-0.39, 0.29) is 11.7 Å². The lowest BCUT2D eigenvalue weighted by Gasteiger charge is -2.11. The summed E-state index contributed by atoms with van der Waals surface area (Å²) in [5, 5.41) is 5.25. The fourth-order valence-corrected chi connectivity index (χ4v) is 4.20. The number of thioether (sulfide) groups is 1. The molecule has 1 aromatic heterocycles. The van der Waals surface area contributed by atoms with Gasteiger partial charge in [0.25, 0.3) is 5.91 Å². The summed E-state index contributed by atoms with van der Waals surface area (Å²) in [4.78, 5) is 20.6. The van der Waals surface area contributed by atoms with Crippen molar-refractivity contribution in [2.24, 2.45) is 5.10 Å². The van der Waals surface area contributed by atoms with Crippen molar-refractivity contribution in [2.45, 2.75) is 32.5 Å². The van der Waals surface area contributed by atoms with E-state index in [0.29, 0.717) is 33.1 Å². The van der Waals surface area contributed by atoms with Crippen LogP contribution in [0.3, 0.4) is 0 Å². The summed E-state index contributed by atoms with van der Waals surface area (Å²) in [5.41, 5.74) is 7.00. The van der Waals surface area contributed by atoms with Crippen LogP contribution in [-0.2, 0) is 11.4 Å². The van der Waals surface area contributed by atoms with Crippen LogP contribution in [0.15, 0.2) is 52.7 Å². The number of ether oxygens (including phenoxy) is 1. The van der Waals surface area contributed by atoms with Crippen molar-refractivity contribution >= 4 is 47.1 Å². The van der Waals surface area contributed by atoms with Gasteiger partial charge in [-0.2, -0.15) is 5.10 Å². The first kappa shape index (κ1) is 24.0. The second-order valence-electron chi connectivity index (χ2n) is 7.11. The maximum Gasteiger partial charge on any atom is 0.250 e. The van der Waals surface area contributed by atoms with Gasteiger partial charge in [0.05, 0.1) is 22.0 Å². The fourth-order valence-electron chi connectivity index (χ4n) is 2.85. The molecule has 0 spiro atoms. The number of rotatable bonds is 8. The molecular formula is C23H22Cl2N4O2S. The molecule has 0 saturated heterocycles. The quantitative estimate of drug-likeness (QED) is 0.195. The highest BCUT2D eigenvalue weighted by Crippen LogP contribution is 2.34. The maximum absolute atomic E-state index is 12.0. The topological polar surface area (TPSA) is 76.5 Å². The van der Waals surface area contributed by atoms with Crippen LogP contribution in [0.25, 0.3) is 0 Å². The molecule has 0 unspecified atom stereocenters. The molecule has 0 aliphatic heterocycles. The highest BCUT2D eigenvalue weighted by molar-refractivity contribution is 7.99. The molecule has 0 bridgehead atoms. The first-order valence-electron chi connectivity index (χ1n) is 9.74. The number of hydrazone groups is 1. The van der Waals surface area contributed by atoms with Gasteiger partial charge in [-0.3, -0.25) is 4.79 Å². The number of amides is 1. The van der Waals surface area contributed by atoms with Gasteiger partial charge in [0.1, 0.15) is 6.61 Å². The first-order chi connectivity index (χ1) is 15.3. The minimum atomic E-state index is -0.274. The zero-order valence-corrected chi connectivity index (χ0v) is 20.2. The summed E-state index contributed by atoms with van der Waals surface area (Å²) in [6.45, 7) is 6.15. The Labute approximate surface area is 201 Å². The molecule has 0 atom stereocenters. The Balaban J connectivity index is 1.54. The second-order valence-corrected chi connectivity index (χ2v) is 8.86. The van der Waals surface area contributed by atoms with Crippen LogP contribution in [0, 0.1) is 20.8 Å². The Kier molecular flexibility index (Phi) is 8.50. The number of carbonyl (C=O) groups excluding carboxylic acids is 1. The van der Waals surface area contributed by atoms with Gasteiger partial charge >= 0.3 is 0 Å². The average molecular weight is 489 g/mol. The lowest BCUT2D eigenvalue weighted by molar-refractivity contribution is -0.118. The molecule has 3 aromatic rings. The summed E-state index contributed by atoms with van der Waals surface area (Å²) in [6.07, 6.45) is 1.47. The third kappa shape index (κ3) is 7.22. The number of aryl methyl sites for hydroxylation is 3. The van der Waals surface area contributed by atoms with Crippen LogP contribution in [0.2, 0.25) is 10.0 Å². The lowest BCUT2D eigenvalue weighted by Crippen LogP contribution is -2.19. The van der Waals surface area contributed by atoms with Crippen LogP contribution in [0.4, 0.5) is 0 Å². The average Bonchev–Trinajstić information content (AvgIpc) is 2.71. The van der Waals surface area contributed by atoms with E-state index in [0.717, 1.165) is 22.5 Å². The maximum atomic E-state index is 12.0. The number of hydrogen-bond acceptors (Lipinski definition) is 6. The number of nitrogens with one attached hydrogen (secondary N) is 1.